The van der Waals surface area contributed by atoms with E-state index in [0.29, 0.717) is 5.02 Å². The Kier molecular flexibility index (Phi) is 3.07. The van der Waals surface area contributed by atoms with E-state index in [1.807, 2.05) is 24.3 Å². The molecule has 19 heavy (non-hydrogen) atoms. The normalized spacial score (nSPS) is 16.9. The van der Waals surface area contributed by atoms with Crippen LogP contribution in [0, 0.1) is 0 Å². The van der Waals surface area contributed by atoms with Gasteiger partial charge in [0.2, 0.25) is 0 Å². The molecule has 1 saturated carbocycles. The van der Waals surface area contributed by atoms with E-state index in [0.717, 1.165) is 24.3 Å². The molecule has 0 amide bonds. The molecule has 0 unspecified atom stereocenters. The lowest BCUT2D eigenvalue weighted by atomic mass is 9.65. The molecule has 3 rings (SSSR count). The molecule has 98 valence electrons. The minimum absolute atomic E-state index is 0.108. The van der Waals surface area contributed by atoms with Crippen molar-refractivity contribution in [2.24, 2.45) is 0 Å². The van der Waals surface area contributed by atoms with Crippen LogP contribution >= 0.6 is 22.9 Å². The Morgan fingerprint density at radius 1 is 1.32 bits per heavy atom. The number of thiazole rings is 1. The van der Waals surface area contributed by atoms with Crippen molar-refractivity contribution in [1.29, 1.82) is 0 Å². The van der Waals surface area contributed by atoms with Gasteiger partial charge >= 0.3 is 5.97 Å². The number of carbonyl (C=O) groups is 1. The summed E-state index contributed by atoms with van der Waals surface area (Å²) in [5.41, 5.74) is 1.21. The van der Waals surface area contributed by atoms with Gasteiger partial charge in [-0.3, -0.25) is 0 Å². The van der Waals surface area contributed by atoms with Crippen LogP contribution in [0.1, 0.15) is 40.3 Å². The van der Waals surface area contributed by atoms with Crippen molar-refractivity contribution in [2.45, 2.75) is 24.7 Å². The number of hydrogen-bond acceptors (Lipinski definition) is 3. The van der Waals surface area contributed by atoms with Gasteiger partial charge in [0.15, 0.2) is 5.69 Å². The van der Waals surface area contributed by atoms with E-state index in [9.17, 15) is 4.79 Å². The van der Waals surface area contributed by atoms with Crippen LogP contribution in [0.25, 0.3) is 0 Å². The van der Waals surface area contributed by atoms with E-state index in [1.165, 1.54) is 16.9 Å². The Hall–Kier alpha value is -1.39. The molecule has 1 aliphatic rings. The van der Waals surface area contributed by atoms with Gasteiger partial charge in [0.25, 0.3) is 0 Å². The van der Waals surface area contributed by atoms with Crippen molar-refractivity contribution < 1.29 is 9.90 Å². The maximum Gasteiger partial charge on any atom is 0.355 e. The molecule has 3 nitrogen and oxygen atoms in total. The maximum atomic E-state index is 11.0. The second kappa shape index (κ2) is 4.62. The number of nitrogens with zero attached hydrogens (tertiary/aromatic N) is 1. The van der Waals surface area contributed by atoms with E-state index in [-0.39, 0.29) is 11.1 Å². The first-order chi connectivity index (χ1) is 9.12. The molecule has 1 heterocycles. The molecular weight excluding hydrogens is 282 g/mol. The molecule has 1 aliphatic carbocycles. The number of carboxylic acids is 1. The monoisotopic (exact) mass is 293 g/mol. The van der Waals surface area contributed by atoms with Gasteiger partial charge in [-0.05, 0) is 30.5 Å². The lowest BCUT2D eigenvalue weighted by Gasteiger charge is -2.40. The predicted octanol–water partition coefficient (Wildman–Crippen LogP) is 3.96. The van der Waals surface area contributed by atoms with E-state index in [1.54, 1.807) is 5.38 Å². The van der Waals surface area contributed by atoms with Crippen LogP contribution in [0.15, 0.2) is 29.6 Å². The average molecular weight is 294 g/mol. The first-order valence-corrected chi connectivity index (χ1v) is 7.33. The summed E-state index contributed by atoms with van der Waals surface area (Å²) in [6, 6.07) is 7.79. The van der Waals surface area contributed by atoms with Crippen LogP contribution < -0.4 is 0 Å². The standard InChI is InChI=1S/C14H12ClNO2S/c15-10-4-2-9(3-5-10)14(6-1-7-14)13-16-11(8-19-13)12(17)18/h2-5,8H,1,6-7H2,(H,17,18). The number of halogens is 1. The van der Waals surface area contributed by atoms with Crippen molar-refractivity contribution in [3.8, 4) is 0 Å². The molecule has 1 N–H and O–H groups in total. The third-order valence-corrected chi connectivity index (χ3v) is 5.03. The van der Waals surface area contributed by atoms with Crippen LogP contribution in [-0.4, -0.2) is 16.1 Å². The smallest absolute Gasteiger partial charge is 0.355 e. The molecule has 0 radical (unpaired) electrons. The minimum atomic E-state index is -0.965. The lowest BCUT2D eigenvalue weighted by Crippen LogP contribution is -2.35. The molecular formula is C14H12ClNO2S. The molecule has 0 spiro atoms. The van der Waals surface area contributed by atoms with E-state index >= 15 is 0 Å². The summed E-state index contributed by atoms with van der Waals surface area (Å²) in [4.78, 5) is 15.2. The highest BCUT2D eigenvalue weighted by Crippen LogP contribution is 2.49. The van der Waals surface area contributed by atoms with E-state index < -0.39 is 5.97 Å². The van der Waals surface area contributed by atoms with Crippen molar-refractivity contribution in [3.05, 3.63) is 50.9 Å². The fourth-order valence-electron chi connectivity index (χ4n) is 2.52. The zero-order chi connectivity index (χ0) is 13.5. The zero-order valence-corrected chi connectivity index (χ0v) is 11.7. The topological polar surface area (TPSA) is 50.2 Å². The van der Waals surface area contributed by atoms with Crippen molar-refractivity contribution in [3.63, 3.8) is 0 Å². The Labute approximate surface area is 119 Å². The SMILES string of the molecule is O=C(O)c1csc(C2(c3ccc(Cl)cc3)CCC2)n1. The van der Waals surface area contributed by atoms with Crippen molar-refractivity contribution >= 4 is 28.9 Å². The molecule has 0 bridgehead atoms. The van der Waals surface area contributed by atoms with Gasteiger partial charge in [0.1, 0.15) is 5.01 Å². The van der Waals surface area contributed by atoms with Gasteiger partial charge in [0.05, 0.1) is 0 Å². The van der Waals surface area contributed by atoms with Crippen LogP contribution in [-0.2, 0) is 5.41 Å². The fourth-order valence-corrected chi connectivity index (χ4v) is 3.72. The van der Waals surface area contributed by atoms with Gasteiger partial charge in [0, 0.05) is 15.8 Å². The highest BCUT2D eigenvalue weighted by molar-refractivity contribution is 7.10. The lowest BCUT2D eigenvalue weighted by molar-refractivity contribution is 0.0690. The molecule has 1 fully saturated rings. The number of aromatic carboxylic acids is 1. The van der Waals surface area contributed by atoms with Crippen LogP contribution in [0.4, 0.5) is 0 Å². The van der Waals surface area contributed by atoms with Crippen molar-refractivity contribution in [2.75, 3.05) is 0 Å². The highest BCUT2D eigenvalue weighted by atomic mass is 35.5. The molecule has 1 aromatic carbocycles. The van der Waals surface area contributed by atoms with Crippen LogP contribution in [0.5, 0.6) is 0 Å². The highest BCUT2D eigenvalue weighted by Gasteiger charge is 2.43. The Morgan fingerprint density at radius 3 is 2.47 bits per heavy atom. The summed E-state index contributed by atoms with van der Waals surface area (Å²) in [7, 11) is 0. The molecule has 0 aliphatic heterocycles. The number of rotatable bonds is 3. The second-order valence-electron chi connectivity index (χ2n) is 4.79. The first-order valence-electron chi connectivity index (χ1n) is 6.07. The van der Waals surface area contributed by atoms with Crippen LogP contribution in [0.2, 0.25) is 5.02 Å². The van der Waals surface area contributed by atoms with Gasteiger partial charge in [-0.2, -0.15) is 0 Å². The molecule has 1 aromatic heterocycles. The maximum absolute atomic E-state index is 11.0. The third kappa shape index (κ3) is 2.05. The van der Waals surface area contributed by atoms with Crippen LogP contribution in [0.3, 0.4) is 0 Å². The number of benzene rings is 1. The third-order valence-electron chi connectivity index (χ3n) is 3.74. The summed E-state index contributed by atoms with van der Waals surface area (Å²) < 4.78 is 0. The average Bonchev–Trinajstić information content (AvgIpc) is 2.80. The Balaban J connectivity index is 2.02. The molecule has 5 heteroatoms. The Bertz CT molecular complexity index is 617. The summed E-state index contributed by atoms with van der Waals surface area (Å²) in [6.07, 6.45) is 3.17. The number of hydrogen-bond donors (Lipinski definition) is 1. The molecule has 0 atom stereocenters. The summed E-state index contributed by atoms with van der Waals surface area (Å²) in [5.74, 6) is -0.965. The second-order valence-corrected chi connectivity index (χ2v) is 6.08. The number of aromatic nitrogens is 1. The van der Waals surface area contributed by atoms with E-state index in [4.69, 9.17) is 16.7 Å². The minimum Gasteiger partial charge on any atom is -0.476 e. The quantitative estimate of drug-likeness (QED) is 0.931. The Morgan fingerprint density at radius 2 is 2.00 bits per heavy atom. The summed E-state index contributed by atoms with van der Waals surface area (Å²) in [5, 5.41) is 12.2. The number of carboxylic acid groups (broad SMARTS) is 1. The first kappa shape index (κ1) is 12.6. The molecule has 0 saturated heterocycles. The van der Waals surface area contributed by atoms with Gasteiger partial charge in [-0.25, -0.2) is 9.78 Å². The van der Waals surface area contributed by atoms with Gasteiger partial charge < -0.3 is 5.11 Å². The van der Waals surface area contributed by atoms with Gasteiger partial charge in [-0.15, -0.1) is 11.3 Å². The fraction of sp³-hybridized carbons (Fsp3) is 0.286. The predicted molar refractivity (Wildman–Crippen MR) is 75.2 cm³/mol. The van der Waals surface area contributed by atoms with E-state index in [2.05, 4.69) is 4.98 Å². The van der Waals surface area contributed by atoms with Gasteiger partial charge in [-0.1, -0.05) is 30.2 Å². The zero-order valence-electron chi connectivity index (χ0n) is 10.1. The van der Waals surface area contributed by atoms with Crippen molar-refractivity contribution in [1.82, 2.24) is 4.98 Å². The molecule has 2 aromatic rings. The summed E-state index contributed by atoms with van der Waals surface area (Å²) >= 11 is 7.36. The summed E-state index contributed by atoms with van der Waals surface area (Å²) in [6.45, 7) is 0. The largest absolute Gasteiger partial charge is 0.476 e.